The minimum Gasteiger partial charge on any atom is -0.496 e. The largest absolute Gasteiger partial charge is 0.496 e. The van der Waals surface area contributed by atoms with E-state index < -0.39 is 0 Å². The summed E-state index contributed by atoms with van der Waals surface area (Å²) in [5.74, 6) is 1.32. The molecule has 0 aromatic heterocycles. The summed E-state index contributed by atoms with van der Waals surface area (Å²) in [6, 6.07) is 3.38. The van der Waals surface area contributed by atoms with Gasteiger partial charge < -0.3 is 20.9 Å². The highest BCUT2D eigenvalue weighted by atomic mass is 16.5. The van der Waals surface area contributed by atoms with Gasteiger partial charge in [-0.05, 0) is 19.1 Å². The minimum absolute atomic E-state index is 0.181. The molecule has 1 unspecified atom stereocenters. The fourth-order valence-corrected chi connectivity index (χ4v) is 1.42. The van der Waals surface area contributed by atoms with E-state index in [4.69, 9.17) is 20.9 Å². The number of methoxy groups -OCH3 is 2. The van der Waals surface area contributed by atoms with Crippen LogP contribution in [0.1, 0.15) is 18.5 Å². The molecule has 1 aromatic rings. The number of hydrogen-bond acceptors (Lipinski definition) is 4. The SMILES string of the molecule is COc1ccc(OC)c(C(C)N)c1N. The Balaban J connectivity index is 3.31. The van der Waals surface area contributed by atoms with Crippen molar-refractivity contribution >= 4 is 5.69 Å². The molecule has 0 aliphatic heterocycles. The Morgan fingerprint density at radius 3 is 2.07 bits per heavy atom. The lowest BCUT2D eigenvalue weighted by Gasteiger charge is -2.16. The van der Waals surface area contributed by atoms with Crippen molar-refractivity contribution in [3.8, 4) is 11.5 Å². The van der Waals surface area contributed by atoms with Crippen molar-refractivity contribution < 1.29 is 9.47 Å². The van der Waals surface area contributed by atoms with E-state index in [2.05, 4.69) is 0 Å². The highest BCUT2D eigenvalue weighted by Crippen LogP contribution is 2.35. The van der Waals surface area contributed by atoms with E-state index >= 15 is 0 Å². The lowest BCUT2D eigenvalue weighted by Crippen LogP contribution is -2.11. The predicted octanol–water partition coefficient (Wildman–Crippen LogP) is 1.31. The highest BCUT2D eigenvalue weighted by molar-refractivity contribution is 5.64. The average molecular weight is 196 g/mol. The van der Waals surface area contributed by atoms with Crippen LogP contribution in [-0.2, 0) is 0 Å². The Bertz CT molecular complexity index is 324. The van der Waals surface area contributed by atoms with Gasteiger partial charge in [-0.1, -0.05) is 0 Å². The zero-order valence-electron chi connectivity index (χ0n) is 8.70. The van der Waals surface area contributed by atoms with E-state index in [0.717, 1.165) is 5.56 Å². The van der Waals surface area contributed by atoms with Crippen molar-refractivity contribution in [3.05, 3.63) is 17.7 Å². The van der Waals surface area contributed by atoms with Crippen molar-refractivity contribution in [1.82, 2.24) is 0 Å². The first-order valence-corrected chi connectivity index (χ1v) is 4.37. The monoisotopic (exact) mass is 196 g/mol. The molecule has 14 heavy (non-hydrogen) atoms. The third-order valence-corrected chi connectivity index (χ3v) is 2.10. The summed E-state index contributed by atoms with van der Waals surface area (Å²) < 4.78 is 10.3. The predicted molar refractivity (Wildman–Crippen MR) is 56.6 cm³/mol. The third-order valence-electron chi connectivity index (χ3n) is 2.10. The highest BCUT2D eigenvalue weighted by Gasteiger charge is 2.14. The second-order valence-corrected chi connectivity index (χ2v) is 3.09. The Morgan fingerprint density at radius 1 is 1.14 bits per heavy atom. The van der Waals surface area contributed by atoms with Gasteiger partial charge in [-0.2, -0.15) is 0 Å². The number of ether oxygens (including phenoxy) is 2. The third kappa shape index (κ3) is 1.75. The van der Waals surface area contributed by atoms with Crippen LogP contribution < -0.4 is 20.9 Å². The number of benzene rings is 1. The molecule has 0 saturated carbocycles. The number of anilines is 1. The molecule has 78 valence electrons. The normalized spacial score (nSPS) is 12.3. The molecule has 4 nitrogen and oxygen atoms in total. The van der Waals surface area contributed by atoms with Crippen LogP contribution in [-0.4, -0.2) is 14.2 Å². The zero-order valence-corrected chi connectivity index (χ0v) is 8.70. The summed E-state index contributed by atoms with van der Waals surface area (Å²) in [5, 5.41) is 0. The molecule has 1 atom stereocenters. The van der Waals surface area contributed by atoms with E-state index in [1.165, 1.54) is 0 Å². The molecular weight excluding hydrogens is 180 g/mol. The zero-order chi connectivity index (χ0) is 10.7. The lowest BCUT2D eigenvalue weighted by molar-refractivity contribution is 0.398. The van der Waals surface area contributed by atoms with Gasteiger partial charge in [-0.3, -0.25) is 0 Å². The summed E-state index contributed by atoms with van der Waals surface area (Å²) in [7, 11) is 3.16. The van der Waals surface area contributed by atoms with Crippen LogP contribution in [0.25, 0.3) is 0 Å². The molecule has 0 saturated heterocycles. The molecule has 1 rings (SSSR count). The first-order valence-electron chi connectivity index (χ1n) is 4.37. The van der Waals surface area contributed by atoms with Crippen LogP contribution >= 0.6 is 0 Å². The van der Waals surface area contributed by atoms with Crippen molar-refractivity contribution in [2.75, 3.05) is 20.0 Å². The number of nitrogen functional groups attached to an aromatic ring is 1. The molecule has 0 fully saturated rings. The van der Waals surface area contributed by atoms with Crippen molar-refractivity contribution in [3.63, 3.8) is 0 Å². The Kier molecular flexibility index (Phi) is 3.19. The average Bonchev–Trinajstić information content (AvgIpc) is 2.16. The summed E-state index contributed by atoms with van der Waals surface area (Å²) >= 11 is 0. The quantitative estimate of drug-likeness (QED) is 0.715. The fraction of sp³-hybridized carbons (Fsp3) is 0.400. The van der Waals surface area contributed by atoms with Gasteiger partial charge in [0.1, 0.15) is 11.5 Å². The maximum absolute atomic E-state index is 5.89. The Morgan fingerprint density at radius 2 is 1.64 bits per heavy atom. The van der Waals surface area contributed by atoms with Gasteiger partial charge in [-0.15, -0.1) is 0 Å². The van der Waals surface area contributed by atoms with Gasteiger partial charge in [-0.25, -0.2) is 0 Å². The number of nitrogens with two attached hydrogens (primary N) is 2. The maximum atomic E-state index is 5.89. The van der Waals surface area contributed by atoms with Crippen LogP contribution in [0, 0.1) is 0 Å². The molecule has 0 aliphatic carbocycles. The summed E-state index contributed by atoms with van der Waals surface area (Å²) in [4.78, 5) is 0. The van der Waals surface area contributed by atoms with Gasteiger partial charge in [0, 0.05) is 11.6 Å². The molecule has 1 aromatic carbocycles. The van der Waals surface area contributed by atoms with Gasteiger partial charge in [0.05, 0.1) is 19.9 Å². The van der Waals surface area contributed by atoms with E-state index in [1.54, 1.807) is 26.4 Å². The summed E-state index contributed by atoms with van der Waals surface area (Å²) in [6.07, 6.45) is 0. The van der Waals surface area contributed by atoms with Gasteiger partial charge >= 0.3 is 0 Å². The molecule has 0 aliphatic rings. The number of hydrogen-bond donors (Lipinski definition) is 2. The van der Waals surface area contributed by atoms with Gasteiger partial charge in [0.2, 0.25) is 0 Å². The van der Waals surface area contributed by atoms with Crippen LogP contribution in [0.3, 0.4) is 0 Å². The topological polar surface area (TPSA) is 70.5 Å². The van der Waals surface area contributed by atoms with Crippen LogP contribution in [0.5, 0.6) is 11.5 Å². The molecule has 0 heterocycles. The van der Waals surface area contributed by atoms with E-state index in [-0.39, 0.29) is 6.04 Å². The maximum Gasteiger partial charge on any atom is 0.142 e. The van der Waals surface area contributed by atoms with Crippen molar-refractivity contribution in [2.45, 2.75) is 13.0 Å². The lowest BCUT2D eigenvalue weighted by atomic mass is 10.0. The second-order valence-electron chi connectivity index (χ2n) is 3.09. The molecule has 4 heteroatoms. The van der Waals surface area contributed by atoms with E-state index in [0.29, 0.717) is 17.2 Å². The van der Waals surface area contributed by atoms with E-state index in [9.17, 15) is 0 Å². The summed E-state index contributed by atoms with van der Waals surface area (Å²) in [6.45, 7) is 1.85. The standard InChI is InChI=1S/C10H16N2O2/c1-6(11)9-7(13-2)4-5-8(14-3)10(9)12/h4-6H,11-12H2,1-3H3. The van der Waals surface area contributed by atoms with Crippen LogP contribution in [0.15, 0.2) is 12.1 Å². The molecule has 0 radical (unpaired) electrons. The molecule has 0 amide bonds. The van der Waals surface area contributed by atoms with Crippen LogP contribution in [0.2, 0.25) is 0 Å². The first-order chi connectivity index (χ1) is 6.61. The Labute approximate surface area is 83.8 Å². The fourth-order valence-electron chi connectivity index (χ4n) is 1.42. The second kappa shape index (κ2) is 4.19. The molecular formula is C10H16N2O2. The van der Waals surface area contributed by atoms with Gasteiger partial charge in [0.25, 0.3) is 0 Å². The van der Waals surface area contributed by atoms with Crippen molar-refractivity contribution in [1.29, 1.82) is 0 Å². The minimum atomic E-state index is -0.181. The molecule has 4 N–H and O–H groups in total. The number of rotatable bonds is 3. The van der Waals surface area contributed by atoms with Crippen LogP contribution in [0.4, 0.5) is 5.69 Å². The van der Waals surface area contributed by atoms with E-state index in [1.807, 2.05) is 6.92 Å². The summed E-state index contributed by atoms with van der Waals surface area (Å²) in [5.41, 5.74) is 13.0. The smallest absolute Gasteiger partial charge is 0.142 e. The Hall–Kier alpha value is -1.42. The van der Waals surface area contributed by atoms with Crippen molar-refractivity contribution in [2.24, 2.45) is 5.73 Å². The molecule has 0 bridgehead atoms. The first kappa shape index (κ1) is 10.7. The van der Waals surface area contributed by atoms with Gasteiger partial charge in [0.15, 0.2) is 0 Å². The molecule has 0 spiro atoms.